The zero-order valence-corrected chi connectivity index (χ0v) is 13.9. The summed E-state index contributed by atoms with van der Waals surface area (Å²) < 4.78 is 0. The molecule has 5 nitrogen and oxygen atoms in total. The van der Waals surface area contributed by atoms with Crippen LogP contribution in [0.3, 0.4) is 0 Å². The monoisotopic (exact) mass is 322 g/mol. The van der Waals surface area contributed by atoms with Gasteiger partial charge in [-0.3, -0.25) is 4.79 Å². The number of hydrogen-bond acceptors (Lipinski definition) is 4. The van der Waals surface area contributed by atoms with E-state index >= 15 is 0 Å². The third-order valence-corrected chi connectivity index (χ3v) is 5.01. The van der Waals surface area contributed by atoms with Gasteiger partial charge in [-0.25, -0.2) is 9.97 Å². The Morgan fingerprint density at radius 1 is 1.08 bits per heavy atom. The summed E-state index contributed by atoms with van der Waals surface area (Å²) in [5, 5.41) is 0. The van der Waals surface area contributed by atoms with Crippen molar-refractivity contribution in [1.29, 1.82) is 0 Å². The average Bonchev–Trinajstić information content (AvgIpc) is 3.39. The summed E-state index contributed by atoms with van der Waals surface area (Å²) in [5.41, 5.74) is 1.02. The van der Waals surface area contributed by atoms with Gasteiger partial charge in [0.1, 0.15) is 5.82 Å². The van der Waals surface area contributed by atoms with E-state index in [9.17, 15) is 4.79 Å². The first-order chi connectivity index (χ1) is 11.7. The molecule has 2 fully saturated rings. The van der Waals surface area contributed by atoms with E-state index in [0.29, 0.717) is 11.8 Å². The van der Waals surface area contributed by atoms with Gasteiger partial charge >= 0.3 is 0 Å². The number of carbonyl (C=O) groups excluding carboxylic acids is 1. The van der Waals surface area contributed by atoms with Gasteiger partial charge in [0, 0.05) is 43.9 Å². The van der Waals surface area contributed by atoms with E-state index in [2.05, 4.69) is 16.8 Å². The normalized spacial score (nSPS) is 23.2. The smallest absolute Gasteiger partial charge is 0.226 e. The number of rotatable bonds is 3. The van der Waals surface area contributed by atoms with E-state index in [-0.39, 0.29) is 5.92 Å². The molecule has 124 valence electrons. The first-order valence-electron chi connectivity index (χ1n) is 8.64. The predicted octanol–water partition coefficient (Wildman–Crippen LogP) is 2.45. The van der Waals surface area contributed by atoms with Crippen molar-refractivity contribution in [2.45, 2.75) is 13.3 Å². The minimum absolute atomic E-state index is 0.278. The SMILES string of the molecule is CC1CC1C(=O)N1CCN(c2ccnc(-c3ccccc3)n2)CC1. The van der Waals surface area contributed by atoms with Crippen LogP contribution in [0.2, 0.25) is 0 Å². The van der Waals surface area contributed by atoms with Crippen molar-refractivity contribution in [2.75, 3.05) is 31.1 Å². The summed E-state index contributed by atoms with van der Waals surface area (Å²) in [6.45, 7) is 5.39. The van der Waals surface area contributed by atoms with Crippen molar-refractivity contribution in [3.8, 4) is 11.4 Å². The molecule has 1 aliphatic heterocycles. The summed E-state index contributed by atoms with van der Waals surface area (Å²) in [4.78, 5) is 25.7. The zero-order chi connectivity index (χ0) is 16.5. The molecule has 0 N–H and O–H groups in total. The molecule has 2 aliphatic rings. The first kappa shape index (κ1) is 15.1. The second kappa shape index (κ2) is 6.23. The molecule has 24 heavy (non-hydrogen) atoms. The maximum absolute atomic E-state index is 12.3. The lowest BCUT2D eigenvalue weighted by Crippen LogP contribution is -2.49. The van der Waals surface area contributed by atoms with E-state index in [1.54, 1.807) is 0 Å². The van der Waals surface area contributed by atoms with Crippen LogP contribution in [-0.4, -0.2) is 47.0 Å². The van der Waals surface area contributed by atoms with E-state index in [0.717, 1.165) is 49.8 Å². The highest BCUT2D eigenvalue weighted by atomic mass is 16.2. The fraction of sp³-hybridized carbons (Fsp3) is 0.421. The van der Waals surface area contributed by atoms with Gasteiger partial charge in [0.05, 0.1) is 0 Å². The molecule has 0 radical (unpaired) electrons. The second-order valence-corrected chi connectivity index (χ2v) is 6.74. The number of piperazine rings is 1. The molecule has 0 bridgehead atoms. The molecule has 1 amide bonds. The summed E-state index contributed by atoms with van der Waals surface area (Å²) >= 11 is 0. The number of benzene rings is 1. The Kier molecular flexibility index (Phi) is 3.92. The molecule has 4 rings (SSSR count). The lowest BCUT2D eigenvalue weighted by Gasteiger charge is -2.35. The maximum Gasteiger partial charge on any atom is 0.226 e. The lowest BCUT2D eigenvalue weighted by molar-refractivity contribution is -0.133. The van der Waals surface area contributed by atoms with Crippen LogP contribution >= 0.6 is 0 Å². The van der Waals surface area contributed by atoms with Crippen LogP contribution in [0.25, 0.3) is 11.4 Å². The predicted molar refractivity (Wildman–Crippen MR) is 93.5 cm³/mol. The van der Waals surface area contributed by atoms with Gasteiger partial charge in [-0.1, -0.05) is 37.3 Å². The summed E-state index contributed by atoms with van der Waals surface area (Å²) in [7, 11) is 0. The first-order valence-corrected chi connectivity index (χ1v) is 8.64. The molecule has 1 saturated carbocycles. The van der Waals surface area contributed by atoms with E-state index < -0.39 is 0 Å². The average molecular weight is 322 g/mol. The third kappa shape index (κ3) is 2.98. The minimum atomic E-state index is 0.278. The summed E-state index contributed by atoms with van der Waals surface area (Å²) in [5.74, 6) is 2.88. The number of aromatic nitrogens is 2. The van der Waals surface area contributed by atoms with Crippen LogP contribution in [0.15, 0.2) is 42.6 Å². The molecular formula is C19H22N4O. The van der Waals surface area contributed by atoms with Crippen LogP contribution in [0, 0.1) is 11.8 Å². The molecule has 2 aromatic rings. The van der Waals surface area contributed by atoms with Gasteiger partial charge in [0.15, 0.2) is 5.82 Å². The molecule has 1 saturated heterocycles. The van der Waals surface area contributed by atoms with Gasteiger partial charge in [-0.15, -0.1) is 0 Å². The molecule has 2 atom stereocenters. The van der Waals surface area contributed by atoms with Crippen LogP contribution in [-0.2, 0) is 4.79 Å². The van der Waals surface area contributed by atoms with Crippen molar-refractivity contribution >= 4 is 11.7 Å². The lowest BCUT2D eigenvalue weighted by atomic mass is 10.2. The van der Waals surface area contributed by atoms with Crippen LogP contribution in [0.1, 0.15) is 13.3 Å². The molecule has 1 aromatic carbocycles. The Labute approximate surface area is 142 Å². The van der Waals surface area contributed by atoms with Gasteiger partial charge in [-0.05, 0) is 18.4 Å². The molecule has 0 spiro atoms. The van der Waals surface area contributed by atoms with Crippen molar-refractivity contribution in [1.82, 2.24) is 14.9 Å². The van der Waals surface area contributed by atoms with Gasteiger partial charge in [-0.2, -0.15) is 0 Å². The fourth-order valence-electron chi connectivity index (χ4n) is 3.31. The number of carbonyl (C=O) groups is 1. The quantitative estimate of drug-likeness (QED) is 0.871. The largest absolute Gasteiger partial charge is 0.353 e. The highest BCUT2D eigenvalue weighted by molar-refractivity contribution is 5.81. The Balaban J connectivity index is 1.43. The molecule has 2 heterocycles. The molecule has 1 aliphatic carbocycles. The Morgan fingerprint density at radius 2 is 1.79 bits per heavy atom. The van der Waals surface area contributed by atoms with Crippen molar-refractivity contribution in [3.63, 3.8) is 0 Å². The summed E-state index contributed by atoms with van der Waals surface area (Å²) in [6, 6.07) is 12.0. The van der Waals surface area contributed by atoms with Crippen molar-refractivity contribution in [3.05, 3.63) is 42.6 Å². The van der Waals surface area contributed by atoms with Gasteiger partial charge in [0.2, 0.25) is 5.91 Å². The number of anilines is 1. The van der Waals surface area contributed by atoms with Crippen LogP contribution in [0.5, 0.6) is 0 Å². The molecule has 5 heteroatoms. The maximum atomic E-state index is 12.3. The zero-order valence-electron chi connectivity index (χ0n) is 13.9. The standard InChI is InChI=1S/C19H22N4O/c1-14-13-16(14)19(24)23-11-9-22(10-12-23)17-7-8-20-18(21-17)15-5-3-2-4-6-15/h2-8,14,16H,9-13H2,1H3. The Bertz CT molecular complexity index is 725. The van der Waals surface area contributed by atoms with Crippen LogP contribution < -0.4 is 4.90 Å². The molecule has 1 aromatic heterocycles. The van der Waals surface area contributed by atoms with Crippen molar-refractivity contribution < 1.29 is 4.79 Å². The number of hydrogen-bond donors (Lipinski definition) is 0. The van der Waals surface area contributed by atoms with Crippen molar-refractivity contribution in [2.24, 2.45) is 11.8 Å². The Hall–Kier alpha value is -2.43. The molecule has 2 unspecified atom stereocenters. The minimum Gasteiger partial charge on any atom is -0.353 e. The fourth-order valence-corrected chi connectivity index (χ4v) is 3.31. The topological polar surface area (TPSA) is 49.3 Å². The Morgan fingerprint density at radius 3 is 2.46 bits per heavy atom. The third-order valence-electron chi connectivity index (χ3n) is 5.01. The van der Waals surface area contributed by atoms with Gasteiger partial charge < -0.3 is 9.80 Å². The van der Waals surface area contributed by atoms with Crippen LogP contribution in [0.4, 0.5) is 5.82 Å². The summed E-state index contributed by atoms with van der Waals surface area (Å²) in [6.07, 6.45) is 2.87. The van der Waals surface area contributed by atoms with E-state index in [1.165, 1.54) is 0 Å². The number of amides is 1. The highest BCUT2D eigenvalue weighted by Crippen LogP contribution is 2.39. The highest BCUT2D eigenvalue weighted by Gasteiger charge is 2.42. The van der Waals surface area contributed by atoms with E-state index in [1.807, 2.05) is 47.5 Å². The number of nitrogens with zero attached hydrogens (tertiary/aromatic N) is 4. The molecular weight excluding hydrogens is 300 g/mol. The van der Waals surface area contributed by atoms with E-state index in [4.69, 9.17) is 4.98 Å². The van der Waals surface area contributed by atoms with Gasteiger partial charge in [0.25, 0.3) is 0 Å². The second-order valence-electron chi connectivity index (χ2n) is 6.74.